The Hall–Kier alpha value is -1.82. The zero-order valence-electron chi connectivity index (χ0n) is 11.1. The first kappa shape index (κ1) is 15.6. The summed E-state index contributed by atoms with van der Waals surface area (Å²) in [5.74, 6) is -0.514. The summed E-state index contributed by atoms with van der Waals surface area (Å²) in [6, 6.07) is 8.21. The van der Waals surface area contributed by atoms with Crippen molar-refractivity contribution >= 4 is 28.4 Å². The summed E-state index contributed by atoms with van der Waals surface area (Å²) in [5, 5.41) is 0.687. The molecule has 0 aliphatic heterocycles. The van der Waals surface area contributed by atoms with E-state index in [0.29, 0.717) is 10.9 Å². The van der Waals surface area contributed by atoms with Gasteiger partial charge >= 0.3 is 6.18 Å². The summed E-state index contributed by atoms with van der Waals surface area (Å²) in [7, 11) is 1.33. The molecule has 0 bridgehead atoms. The van der Waals surface area contributed by atoms with Crippen molar-refractivity contribution in [3.8, 4) is 0 Å². The van der Waals surface area contributed by atoms with Crippen LogP contribution in [0.3, 0.4) is 0 Å². The summed E-state index contributed by atoms with van der Waals surface area (Å²) >= 11 is 5.86. The molecule has 3 nitrogen and oxygen atoms in total. The van der Waals surface area contributed by atoms with Crippen LogP contribution in [0.15, 0.2) is 30.3 Å². The molecule has 2 rings (SSSR count). The third-order valence-electron chi connectivity index (χ3n) is 2.99. The van der Waals surface area contributed by atoms with Crippen molar-refractivity contribution in [3.63, 3.8) is 0 Å². The first-order valence-electron chi connectivity index (χ1n) is 6.15. The van der Waals surface area contributed by atoms with Crippen LogP contribution in [0.4, 0.5) is 13.2 Å². The third kappa shape index (κ3) is 3.85. The second-order valence-corrected chi connectivity index (χ2v) is 4.99. The van der Waals surface area contributed by atoms with E-state index in [0.717, 1.165) is 4.90 Å². The zero-order chi connectivity index (χ0) is 15.6. The molecule has 0 aliphatic rings. The van der Waals surface area contributed by atoms with Crippen LogP contribution in [0.25, 0.3) is 10.9 Å². The Morgan fingerprint density at radius 2 is 2.00 bits per heavy atom. The number of hydrogen-bond acceptors (Lipinski definition) is 2. The molecule has 0 atom stereocenters. The maximum absolute atomic E-state index is 12.3. The number of hydrogen-bond donors (Lipinski definition) is 0. The standard InChI is InChI=1S/C14H12ClF3N2O/c1-20(7-6-14(16,17)18)13(21)10-8-12(15)19-11-5-3-2-4-9(10)11/h2-5,8H,6-7H2,1H3. The fourth-order valence-corrected chi connectivity index (χ4v) is 2.12. The number of alkyl halides is 3. The monoisotopic (exact) mass is 316 g/mol. The van der Waals surface area contributed by atoms with E-state index in [-0.39, 0.29) is 10.7 Å². The van der Waals surface area contributed by atoms with Crippen molar-refractivity contribution in [2.45, 2.75) is 12.6 Å². The Morgan fingerprint density at radius 3 is 2.67 bits per heavy atom. The summed E-state index contributed by atoms with van der Waals surface area (Å²) < 4.78 is 36.7. The van der Waals surface area contributed by atoms with Gasteiger partial charge in [0.15, 0.2) is 0 Å². The van der Waals surface area contributed by atoms with Crippen molar-refractivity contribution in [1.82, 2.24) is 9.88 Å². The van der Waals surface area contributed by atoms with Crippen LogP contribution in [-0.2, 0) is 0 Å². The molecule has 0 radical (unpaired) electrons. The number of para-hydroxylation sites is 1. The molecule has 0 aliphatic carbocycles. The molecular weight excluding hydrogens is 305 g/mol. The van der Waals surface area contributed by atoms with Gasteiger partial charge < -0.3 is 4.90 Å². The molecule has 7 heteroatoms. The Bertz CT molecular complexity index is 673. The van der Waals surface area contributed by atoms with Crippen LogP contribution in [0, 0.1) is 0 Å². The van der Waals surface area contributed by atoms with E-state index in [2.05, 4.69) is 4.98 Å². The largest absolute Gasteiger partial charge is 0.390 e. The number of aromatic nitrogens is 1. The molecule has 0 unspecified atom stereocenters. The number of nitrogens with zero attached hydrogens (tertiary/aromatic N) is 2. The van der Waals surface area contributed by atoms with Crippen LogP contribution >= 0.6 is 11.6 Å². The minimum absolute atomic E-state index is 0.126. The maximum Gasteiger partial charge on any atom is 0.390 e. The molecule has 0 N–H and O–H groups in total. The van der Waals surface area contributed by atoms with Crippen LogP contribution < -0.4 is 0 Å². The predicted molar refractivity (Wildman–Crippen MR) is 74.4 cm³/mol. The van der Waals surface area contributed by atoms with Gasteiger partial charge in [0.25, 0.3) is 5.91 Å². The van der Waals surface area contributed by atoms with Gasteiger partial charge in [-0.05, 0) is 12.1 Å². The fraction of sp³-hybridized carbons (Fsp3) is 0.286. The maximum atomic E-state index is 12.3. The number of halogens is 4. The highest BCUT2D eigenvalue weighted by Gasteiger charge is 2.28. The van der Waals surface area contributed by atoms with Gasteiger partial charge in [-0.25, -0.2) is 4.98 Å². The smallest absolute Gasteiger partial charge is 0.341 e. The molecule has 0 spiro atoms. The van der Waals surface area contributed by atoms with Crippen LogP contribution in [-0.4, -0.2) is 35.6 Å². The highest BCUT2D eigenvalue weighted by Crippen LogP contribution is 2.23. The lowest BCUT2D eigenvalue weighted by Gasteiger charge is -2.19. The van der Waals surface area contributed by atoms with E-state index in [4.69, 9.17) is 11.6 Å². The molecule has 0 fully saturated rings. The summed E-state index contributed by atoms with van der Waals surface area (Å²) in [5.41, 5.74) is 0.771. The molecule has 0 saturated carbocycles. The normalized spacial score (nSPS) is 11.7. The topological polar surface area (TPSA) is 33.2 Å². The van der Waals surface area contributed by atoms with Gasteiger partial charge in [0.1, 0.15) is 5.15 Å². The number of carbonyl (C=O) groups is 1. The second-order valence-electron chi connectivity index (χ2n) is 4.60. The van der Waals surface area contributed by atoms with E-state index in [1.165, 1.54) is 13.1 Å². The molecule has 112 valence electrons. The first-order chi connectivity index (χ1) is 9.78. The van der Waals surface area contributed by atoms with Gasteiger partial charge in [0.05, 0.1) is 17.5 Å². The number of carbonyl (C=O) groups excluding carboxylic acids is 1. The van der Waals surface area contributed by atoms with E-state index < -0.39 is 25.0 Å². The van der Waals surface area contributed by atoms with Crippen molar-refractivity contribution in [2.24, 2.45) is 0 Å². The van der Waals surface area contributed by atoms with Crippen LogP contribution in [0.5, 0.6) is 0 Å². The van der Waals surface area contributed by atoms with Crippen molar-refractivity contribution in [3.05, 3.63) is 41.0 Å². The third-order valence-corrected chi connectivity index (χ3v) is 3.19. The Kier molecular flexibility index (Phi) is 4.37. The molecule has 1 amide bonds. The average molecular weight is 317 g/mol. The Labute approximate surface area is 124 Å². The van der Waals surface area contributed by atoms with Gasteiger partial charge in [0.2, 0.25) is 0 Å². The number of amides is 1. The van der Waals surface area contributed by atoms with Crippen molar-refractivity contribution in [2.75, 3.05) is 13.6 Å². The number of pyridine rings is 1. The van der Waals surface area contributed by atoms with Crippen molar-refractivity contribution < 1.29 is 18.0 Å². The molecule has 21 heavy (non-hydrogen) atoms. The summed E-state index contributed by atoms with van der Waals surface area (Å²) in [6.45, 7) is -0.406. The lowest BCUT2D eigenvalue weighted by molar-refractivity contribution is -0.136. The lowest BCUT2D eigenvalue weighted by atomic mass is 10.1. The average Bonchev–Trinajstić information content (AvgIpc) is 2.42. The fourth-order valence-electron chi connectivity index (χ4n) is 1.92. The molecule has 1 aromatic heterocycles. The molecular formula is C14H12ClF3N2O. The highest BCUT2D eigenvalue weighted by atomic mass is 35.5. The van der Waals surface area contributed by atoms with Gasteiger partial charge in [-0.2, -0.15) is 13.2 Å². The number of rotatable bonds is 3. The second kappa shape index (κ2) is 5.89. The van der Waals surface area contributed by atoms with Gasteiger partial charge in [-0.15, -0.1) is 0 Å². The Morgan fingerprint density at radius 1 is 1.33 bits per heavy atom. The lowest BCUT2D eigenvalue weighted by Crippen LogP contribution is -2.30. The van der Waals surface area contributed by atoms with Crippen molar-refractivity contribution in [1.29, 1.82) is 0 Å². The number of fused-ring (bicyclic) bond motifs is 1. The Balaban J connectivity index is 2.31. The summed E-state index contributed by atoms with van der Waals surface area (Å²) in [4.78, 5) is 17.4. The van der Waals surface area contributed by atoms with E-state index in [1.807, 2.05) is 0 Å². The quantitative estimate of drug-likeness (QED) is 0.804. The molecule has 0 saturated heterocycles. The SMILES string of the molecule is CN(CCC(F)(F)F)C(=O)c1cc(Cl)nc2ccccc12. The highest BCUT2D eigenvalue weighted by molar-refractivity contribution is 6.30. The van der Waals surface area contributed by atoms with E-state index >= 15 is 0 Å². The summed E-state index contributed by atoms with van der Waals surface area (Å²) in [6.07, 6.45) is -5.35. The van der Waals surface area contributed by atoms with Gasteiger partial charge in [0, 0.05) is 19.0 Å². The van der Waals surface area contributed by atoms with Gasteiger partial charge in [-0.1, -0.05) is 29.8 Å². The van der Waals surface area contributed by atoms with Crippen LogP contribution in [0.1, 0.15) is 16.8 Å². The molecule has 1 heterocycles. The van der Waals surface area contributed by atoms with E-state index in [9.17, 15) is 18.0 Å². The first-order valence-corrected chi connectivity index (χ1v) is 6.53. The zero-order valence-corrected chi connectivity index (χ0v) is 11.9. The van der Waals surface area contributed by atoms with Gasteiger partial charge in [-0.3, -0.25) is 4.79 Å². The molecule has 1 aromatic carbocycles. The van der Waals surface area contributed by atoms with E-state index in [1.54, 1.807) is 24.3 Å². The minimum Gasteiger partial charge on any atom is -0.341 e. The molecule has 2 aromatic rings. The van der Waals surface area contributed by atoms with Crippen LogP contribution in [0.2, 0.25) is 5.15 Å². The minimum atomic E-state index is -4.30. The predicted octanol–water partition coefficient (Wildman–Crippen LogP) is 3.91. The number of benzene rings is 1.